The summed E-state index contributed by atoms with van der Waals surface area (Å²) in [7, 11) is 0. The summed E-state index contributed by atoms with van der Waals surface area (Å²) in [6.45, 7) is 3.64. The van der Waals surface area contributed by atoms with E-state index in [0.29, 0.717) is 37.7 Å². The summed E-state index contributed by atoms with van der Waals surface area (Å²) in [6, 6.07) is 13.2. The van der Waals surface area contributed by atoms with E-state index >= 15 is 0 Å². The first kappa shape index (κ1) is 23.1. The van der Waals surface area contributed by atoms with Crippen molar-refractivity contribution >= 4 is 27.5 Å². The number of rotatable bonds is 9. The van der Waals surface area contributed by atoms with Gasteiger partial charge in [0.15, 0.2) is 11.5 Å². The summed E-state index contributed by atoms with van der Waals surface area (Å²) < 4.78 is 12.5. The summed E-state index contributed by atoms with van der Waals surface area (Å²) in [6.07, 6.45) is 3.38. The number of likely N-dealkylation sites (tertiary alicyclic amines) is 1. The molecule has 2 atom stereocenters. The standard InChI is InChI=1S/C26H31N3O4S/c30-24(8-5-9-25-28-19-6-1-2-7-23(19)34-25)27-20(17-29-12-3-4-13-29)26(31)18-10-11-21-22(16-18)33-15-14-32-21/h1-2,6-7,10-11,16,20,26,31H,3-5,8-9,12-15,17H2,(H,27,30). The maximum Gasteiger partial charge on any atom is 0.220 e. The van der Waals surface area contributed by atoms with Crippen molar-refractivity contribution in [2.75, 3.05) is 32.8 Å². The highest BCUT2D eigenvalue weighted by Crippen LogP contribution is 2.33. The van der Waals surface area contributed by atoms with Crippen LogP contribution in [-0.4, -0.2) is 59.8 Å². The fourth-order valence-electron chi connectivity index (χ4n) is 4.65. The smallest absolute Gasteiger partial charge is 0.220 e. The highest BCUT2D eigenvalue weighted by atomic mass is 32.1. The minimum absolute atomic E-state index is 0.0399. The molecule has 34 heavy (non-hydrogen) atoms. The van der Waals surface area contributed by atoms with Gasteiger partial charge in [-0.3, -0.25) is 4.79 Å². The molecule has 0 bridgehead atoms. The summed E-state index contributed by atoms with van der Waals surface area (Å²) in [5.74, 6) is 1.30. The Morgan fingerprint density at radius 3 is 2.74 bits per heavy atom. The molecule has 1 fully saturated rings. The minimum atomic E-state index is -0.829. The van der Waals surface area contributed by atoms with Crippen LogP contribution in [0.3, 0.4) is 0 Å². The molecule has 5 rings (SSSR count). The van der Waals surface area contributed by atoms with Crippen molar-refractivity contribution in [2.45, 2.75) is 44.2 Å². The number of carbonyl (C=O) groups is 1. The molecule has 0 radical (unpaired) electrons. The molecule has 2 aliphatic heterocycles. The Labute approximate surface area is 203 Å². The molecule has 0 spiro atoms. The van der Waals surface area contributed by atoms with Gasteiger partial charge in [-0.2, -0.15) is 0 Å². The Bertz CT molecular complexity index is 1100. The van der Waals surface area contributed by atoms with Crippen LogP contribution in [0.2, 0.25) is 0 Å². The first-order valence-corrected chi connectivity index (χ1v) is 12.9. The molecule has 2 aromatic carbocycles. The van der Waals surface area contributed by atoms with Gasteiger partial charge >= 0.3 is 0 Å². The van der Waals surface area contributed by atoms with Gasteiger partial charge in [0.05, 0.1) is 21.3 Å². The maximum absolute atomic E-state index is 12.9. The van der Waals surface area contributed by atoms with Gasteiger partial charge in [0.25, 0.3) is 0 Å². The van der Waals surface area contributed by atoms with Gasteiger partial charge in [0.1, 0.15) is 19.3 Å². The van der Waals surface area contributed by atoms with Crippen LogP contribution in [0.15, 0.2) is 42.5 Å². The van der Waals surface area contributed by atoms with Crippen molar-refractivity contribution in [3.8, 4) is 11.5 Å². The zero-order valence-corrected chi connectivity index (χ0v) is 20.1. The summed E-state index contributed by atoms with van der Waals surface area (Å²) in [4.78, 5) is 19.8. The van der Waals surface area contributed by atoms with Crippen LogP contribution in [-0.2, 0) is 11.2 Å². The van der Waals surface area contributed by atoms with E-state index in [0.717, 1.165) is 54.9 Å². The van der Waals surface area contributed by atoms with Crippen molar-refractivity contribution in [3.63, 3.8) is 0 Å². The third-order valence-electron chi connectivity index (χ3n) is 6.42. The molecular formula is C26H31N3O4S. The van der Waals surface area contributed by atoms with Crippen molar-refractivity contribution < 1.29 is 19.4 Å². The number of fused-ring (bicyclic) bond motifs is 2. The molecule has 0 saturated carbocycles. The van der Waals surface area contributed by atoms with Crippen molar-refractivity contribution in [1.29, 1.82) is 0 Å². The second-order valence-corrected chi connectivity index (χ2v) is 10.1. The zero-order chi connectivity index (χ0) is 23.3. The average Bonchev–Trinajstić information content (AvgIpc) is 3.52. The number of hydrogen-bond donors (Lipinski definition) is 2. The van der Waals surface area contributed by atoms with Crippen LogP contribution < -0.4 is 14.8 Å². The van der Waals surface area contributed by atoms with Crippen LogP contribution in [0.25, 0.3) is 10.2 Å². The van der Waals surface area contributed by atoms with E-state index in [1.165, 1.54) is 4.70 Å². The Morgan fingerprint density at radius 2 is 1.91 bits per heavy atom. The van der Waals surface area contributed by atoms with Crippen LogP contribution in [0.1, 0.15) is 42.4 Å². The third-order valence-corrected chi connectivity index (χ3v) is 7.52. The van der Waals surface area contributed by atoms with Gasteiger partial charge in [-0.05, 0) is 68.6 Å². The van der Waals surface area contributed by atoms with Crippen LogP contribution in [0, 0.1) is 0 Å². The fraction of sp³-hybridized carbons (Fsp3) is 0.462. The highest BCUT2D eigenvalue weighted by molar-refractivity contribution is 7.18. The Morgan fingerprint density at radius 1 is 1.12 bits per heavy atom. The zero-order valence-electron chi connectivity index (χ0n) is 19.2. The molecule has 0 aliphatic carbocycles. The largest absolute Gasteiger partial charge is 0.486 e. The number of nitrogens with zero attached hydrogens (tertiary/aromatic N) is 2. The number of aromatic nitrogens is 1. The minimum Gasteiger partial charge on any atom is -0.486 e. The normalized spacial score (nSPS) is 17.6. The molecule has 1 aromatic heterocycles. The van der Waals surface area contributed by atoms with Crippen LogP contribution >= 0.6 is 11.3 Å². The van der Waals surface area contributed by atoms with Crippen molar-refractivity contribution in [2.24, 2.45) is 0 Å². The van der Waals surface area contributed by atoms with E-state index < -0.39 is 12.1 Å². The molecule has 8 heteroatoms. The monoisotopic (exact) mass is 481 g/mol. The van der Waals surface area contributed by atoms with E-state index in [9.17, 15) is 9.90 Å². The number of amides is 1. The van der Waals surface area contributed by atoms with E-state index in [2.05, 4.69) is 21.3 Å². The Kier molecular flexibility index (Phi) is 7.27. The topological polar surface area (TPSA) is 83.9 Å². The van der Waals surface area contributed by atoms with Gasteiger partial charge in [-0.15, -0.1) is 11.3 Å². The van der Waals surface area contributed by atoms with Crippen LogP contribution in [0.4, 0.5) is 0 Å². The molecule has 2 aliphatic rings. The number of thiazole rings is 1. The second-order valence-electron chi connectivity index (χ2n) is 8.96. The van der Waals surface area contributed by atoms with E-state index in [1.807, 2.05) is 36.4 Å². The Balaban J connectivity index is 1.21. The molecular weight excluding hydrogens is 450 g/mol. The number of para-hydroxylation sites is 1. The highest BCUT2D eigenvalue weighted by Gasteiger charge is 2.27. The molecule has 2 N–H and O–H groups in total. The van der Waals surface area contributed by atoms with Gasteiger partial charge in [0.2, 0.25) is 5.91 Å². The van der Waals surface area contributed by atoms with E-state index in [4.69, 9.17) is 9.47 Å². The number of nitrogens with one attached hydrogen (secondary N) is 1. The number of aryl methyl sites for hydroxylation is 1. The summed E-state index contributed by atoms with van der Waals surface area (Å²) in [5, 5.41) is 15.4. The second kappa shape index (κ2) is 10.7. The lowest BCUT2D eigenvalue weighted by molar-refractivity contribution is -0.123. The predicted molar refractivity (Wildman–Crippen MR) is 133 cm³/mol. The lowest BCUT2D eigenvalue weighted by atomic mass is 10.0. The molecule has 180 valence electrons. The molecule has 3 heterocycles. The first-order chi connectivity index (χ1) is 16.7. The molecule has 1 saturated heterocycles. The maximum atomic E-state index is 12.9. The van der Waals surface area contributed by atoms with E-state index in [-0.39, 0.29) is 5.91 Å². The predicted octanol–water partition coefficient (Wildman–Crippen LogP) is 3.70. The van der Waals surface area contributed by atoms with Gasteiger partial charge < -0.3 is 24.8 Å². The first-order valence-electron chi connectivity index (χ1n) is 12.1. The number of aliphatic hydroxyl groups excluding tert-OH is 1. The fourth-order valence-corrected chi connectivity index (χ4v) is 5.66. The van der Waals surface area contributed by atoms with Gasteiger partial charge in [0, 0.05) is 13.0 Å². The van der Waals surface area contributed by atoms with Crippen molar-refractivity contribution in [1.82, 2.24) is 15.2 Å². The number of benzene rings is 2. The SMILES string of the molecule is O=C(CCCc1nc2ccccc2s1)NC(CN1CCCC1)C(O)c1ccc2c(c1)OCCO2. The number of aliphatic hydroxyl groups is 1. The van der Waals surface area contributed by atoms with Gasteiger partial charge in [-0.1, -0.05) is 18.2 Å². The van der Waals surface area contributed by atoms with Crippen molar-refractivity contribution in [3.05, 3.63) is 53.0 Å². The van der Waals surface area contributed by atoms with E-state index in [1.54, 1.807) is 11.3 Å². The number of carbonyl (C=O) groups excluding carboxylic acids is 1. The Hall–Kier alpha value is -2.68. The quantitative estimate of drug-likeness (QED) is 0.485. The third kappa shape index (κ3) is 5.51. The molecule has 3 aromatic rings. The molecule has 2 unspecified atom stereocenters. The van der Waals surface area contributed by atoms with Gasteiger partial charge in [-0.25, -0.2) is 4.98 Å². The number of ether oxygens (including phenoxy) is 2. The molecule has 7 nitrogen and oxygen atoms in total. The lowest BCUT2D eigenvalue weighted by Gasteiger charge is -2.29. The summed E-state index contributed by atoms with van der Waals surface area (Å²) >= 11 is 1.69. The number of hydrogen-bond acceptors (Lipinski definition) is 7. The summed E-state index contributed by atoms with van der Waals surface area (Å²) in [5.41, 5.74) is 1.74. The molecule has 1 amide bonds. The van der Waals surface area contributed by atoms with Crippen LogP contribution in [0.5, 0.6) is 11.5 Å². The average molecular weight is 482 g/mol. The lowest BCUT2D eigenvalue weighted by Crippen LogP contribution is -2.46.